The molecule has 4 fully saturated rings. The molecule has 0 radical (unpaired) electrons. The van der Waals surface area contributed by atoms with Crippen LogP contribution < -0.4 is 5.32 Å². The standard InChI is InChI=1S/C43H60N2O6/c1-26(2)35-28(46)24-43(20-17-33(47)45-32-12-10-11-23-44-32)22-21-41(8)27(36(35)43)13-14-30-40(7)18-16-31(51-34(48)25-38(3,4)37(49)50)39(5,6)29(40)15-19-42(30,41)9/h10-12,17,20,23,26-27,29-31H,13-16,18-19,21-22,24-25H2,1-9H3,(H,49,50)(H,44,45,47)/b20-17+/t27-,29+,30-,31+,40+,41-,42-,43+/m1/s1. The lowest BCUT2D eigenvalue weighted by Crippen LogP contribution is -2.65. The molecule has 51 heavy (non-hydrogen) atoms. The van der Waals surface area contributed by atoms with Gasteiger partial charge in [0.05, 0.1) is 11.8 Å². The van der Waals surface area contributed by atoms with E-state index in [1.165, 1.54) is 5.57 Å². The molecular formula is C43H60N2O6. The molecule has 0 unspecified atom stereocenters. The number of hydrogen-bond acceptors (Lipinski definition) is 6. The number of fused-ring (bicyclic) bond motifs is 7. The number of amides is 1. The van der Waals surface area contributed by atoms with Crippen LogP contribution >= 0.6 is 0 Å². The van der Waals surface area contributed by atoms with Crippen molar-refractivity contribution in [2.24, 2.45) is 56.2 Å². The first-order valence-electron chi connectivity index (χ1n) is 19.3. The van der Waals surface area contributed by atoms with Gasteiger partial charge in [-0.25, -0.2) is 4.98 Å². The number of nitrogens with zero attached hydrogens (tertiary/aromatic N) is 1. The van der Waals surface area contributed by atoms with Crippen LogP contribution in [0.25, 0.3) is 0 Å². The summed E-state index contributed by atoms with van der Waals surface area (Å²) in [5.74, 6) is 0.339. The van der Waals surface area contributed by atoms with Crippen LogP contribution in [0.2, 0.25) is 0 Å². The second-order valence-corrected chi connectivity index (χ2v) is 19.1. The van der Waals surface area contributed by atoms with Gasteiger partial charge < -0.3 is 15.2 Å². The van der Waals surface area contributed by atoms with Crippen molar-refractivity contribution in [3.05, 3.63) is 47.7 Å². The van der Waals surface area contributed by atoms with Crippen LogP contribution in [0.1, 0.15) is 127 Å². The predicted molar refractivity (Wildman–Crippen MR) is 197 cm³/mol. The normalized spacial score (nSPS) is 37.3. The van der Waals surface area contributed by atoms with Gasteiger partial charge in [-0.05, 0) is 128 Å². The third-order valence-electron chi connectivity index (χ3n) is 15.3. The molecule has 1 amide bonds. The van der Waals surface area contributed by atoms with Crippen LogP contribution in [0.5, 0.6) is 0 Å². The van der Waals surface area contributed by atoms with Gasteiger partial charge in [0.25, 0.3) is 0 Å². The van der Waals surface area contributed by atoms with Crippen molar-refractivity contribution < 1.29 is 29.0 Å². The molecule has 0 aromatic carbocycles. The van der Waals surface area contributed by atoms with Gasteiger partial charge in [0.2, 0.25) is 5.91 Å². The molecule has 8 nitrogen and oxygen atoms in total. The summed E-state index contributed by atoms with van der Waals surface area (Å²) >= 11 is 0. The van der Waals surface area contributed by atoms with Crippen molar-refractivity contribution in [3.63, 3.8) is 0 Å². The van der Waals surface area contributed by atoms with Gasteiger partial charge >= 0.3 is 11.9 Å². The average molecular weight is 701 g/mol. The van der Waals surface area contributed by atoms with Gasteiger partial charge in [-0.15, -0.1) is 0 Å². The highest BCUT2D eigenvalue weighted by atomic mass is 16.5. The molecule has 0 aliphatic heterocycles. The van der Waals surface area contributed by atoms with Crippen molar-refractivity contribution in [1.29, 1.82) is 0 Å². The Kier molecular flexibility index (Phi) is 9.32. The maximum absolute atomic E-state index is 13.9. The smallest absolute Gasteiger partial charge is 0.309 e. The van der Waals surface area contributed by atoms with Crippen molar-refractivity contribution in [1.82, 2.24) is 4.98 Å². The second-order valence-electron chi connectivity index (χ2n) is 19.1. The van der Waals surface area contributed by atoms with Crippen LogP contribution in [0.4, 0.5) is 5.82 Å². The summed E-state index contributed by atoms with van der Waals surface area (Å²) in [6.45, 7) is 19.6. The van der Waals surface area contributed by atoms with E-state index in [1.807, 2.05) is 12.1 Å². The van der Waals surface area contributed by atoms with Gasteiger partial charge in [0.1, 0.15) is 11.9 Å². The Labute approximate surface area is 304 Å². The zero-order valence-corrected chi connectivity index (χ0v) is 32.4. The van der Waals surface area contributed by atoms with E-state index >= 15 is 0 Å². The van der Waals surface area contributed by atoms with Gasteiger partial charge in [-0.3, -0.25) is 19.2 Å². The predicted octanol–water partition coefficient (Wildman–Crippen LogP) is 8.97. The number of ketones is 1. The highest BCUT2D eigenvalue weighted by Crippen LogP contribution is 2.77. The van der Waals surface area contributed by atoms with E-state index in [2.05, 4.69) is 64.8 Å². The highest BCUT2D eigenvalue weighted by molar-refractivity contribution is 6.02. The zero-order valence-electron chi connectivity index (χ0n) is 32.4. The topological polar surface area (TPSA) is 123 Å². The van der Waals surface area contributed by atoms with Crippen LogP contribution in [0.15, 0.2) is 47.7 Å². The summed E-state index contributed by atoms with van der Waals surface area (Å²) < 4.78 is 6.15. The summed E-state index contributed by atoms with van der Waals surface area (Å²) in [5.41, 5.74) is 0.565. The molecule has 1 aromatic rings. The van der Waals surface area contributed by atoms with E-state index < -0.39 is 22.8 Å². The molecule has 1 aromatic heterocycles. The fourth-order valence-electron chi connectivity index (χ4n) is 12.5. The van der Waals surface area contributed by atoms with Gasteiger partial charge in [-0.1, -0.05) is 60.6 Å². The number of allylic oxidation sites excluding steroid dienone is 3. The van der Waals surface area contributed by atoms with Gasteiger partial charge in [0.15, 0.2) is 5.78 Å². The van der Waals surface area contributed by atoms with Crippen LogP contribution in [-0.2, 0) is 23.9 Å². The van der Waals surface area contributed by atoms with Gasteiger partial charge in [0, 0.05) is 29.5 Å². The summed E-state index contributed by atoms with van der Waals surface area (Å²) in [4.78, 5) is 56.1. The number of anilines is 1. The van der Waals surface area contributed by atoms with Crippen LogP contribution in [0, 0.1) is 56.2 Å². The molecule has 5 aliphatic rings. The fourth-order valence-corrected chi connectivity index (χ4v) is 12.5. The van der Waals surface area contributed by atoms with Crippen LogP contribution in [0.3, 0.4) is 0 Å². The fraction of sp³-hybridized carbons (Fsp3) is 0.698. The highest BCUT2D eigenvalue weighted by Gasteiger charge is 2.70. The number of aliphatic carboxylic acids is 1. The number of carbonyl (C=O) groups is 4. The number of ether oxygens (including phenoxy) is 1. The number of carboxylic acid groups (broad SMARTS) is 1. The quantitative estimate of drug-likeness (QED) is 0.205. The van der Waals surface area contributed by atoms with Crippen molar-refractivity contribution in [3.8, 4) is 0 Å². The van der Waals surface area contributed by atoms with Gasteiger partial charge in [-0.2, -0.15) is 0 Å². The van der Waals surface area contributed by atoms with Crippen molar-refractivity contribution in [2.75, 3.05) is 5.32 Å². The molecule has 278 valence electrons. The lowest BCUT2D eigenvalue weighted by molar-refractivity contribution is -0.232. The van der Waals surface area contributed by atoms with E-state index in [0.29, 0.717) is 24.1 Å². The van der Waals surface area contributed by atoms with Crippen LogP contribution in [-0.4, -0.2) is 39.8 Å². The first-order chi connectivity index (χ1) is 23.7. The number of esters is 1. The Balaban J connectivity index is 1.28. The number of nitrogens with one attached hydrogen (secondary N) is 1. The number of hydrogen-bond donors (Lipinski definition) is 2. The minimum absolute atomic E-state index is 0.00653. The molecule has 4 saturated carbocycles. The molecular weight excluding hydrogens is 640 g/mol. The number of aromatic nitrogens is 1. The summed E-state index contributed by atoms with van der Waals surface area (Å²) in [5, 5.41) is 12.5. The maximum atomic E-state index is 13.9. The van der Waals surface area contributed by atoms with E-state index in [0.717, 1.165) is 56.9 Å². The van der Waals surface area contributed by atoms with E-state index in [1.54, 1.807) is 32.2 Å². The molecule has 2 N–H and O–H groups in total. The summed E-state index contributed by atoms with van der Waals surface area (Å²) in [6, 6.07) is 5.43. The Bertz CT molecular complexity index is 1660. The largest absolute Gasteiger partial charge is 0.481 e. The second kappa shape index (κ2) is 12.7. The number of carboxylic acids is 1. The molecule has 0 saturated heterocycles. The number of Topliss-reactive ketones (excluding diaryl/α,β-unsaturated/α-hetero) is 1. The third kappa shape index (κ3) is 5.91. The van der Waals surface area contributed by atoms with E-state index in [-0.39, 0.29) is 57.7 Å². The maximum Gasteiger partial charge on any atom is 0.309 e. The number of rotatable bonds is 8. The van der Waals surface area contributed by atoms with Crippen molar-refractivity contribution >= 4 is 29.4 Å². The first-order valence-corrected chi connectivity index (χ1v) is 19.3. The molecule has 8 heteroatoms. The molecule has 5 aliphatic carbocycles. The average Bonchev–Trinajstić information content (AvgIpc) is 3.34. The molecule has 6 rings (SSSR count). The zero-order chi connectivity index (χ0) is 37.4. The van der Waals surface area contributed by atoms with E-state index in [9.17, 15) is 24.3 Å². The molecule has 1 heterocycles. The summed E-state index contributed by atoms with van der Waals surface area (Å²) in [6.07, 6.45) is 13.2. The minimum atomic E-state index is -1.17. The van der Waals surface area contributed by atoms with Crippen molar-refractivity contribution in [2.45, 2.75) is 133 Å². The molecule has 0 bridgehead atoms. The lowest BCUT2D eigenvalue weighted by atomic mass is 9.33. The molecule has 8 atom stereocenters. The number of carbonyl (C=O) groups excluding carboxylic acids is 3. The SMILES string of the molecule is CC(C)C1=C2[C@H]3CC[C@@H]4[C@@]5(C)CC[C@H](OC(=O)CC(C)(C)C(=O)O)C(C)(C)[C@@H]5CC[C@@]4(C)[C@]3(C)CC[C@@]2(/C=C/C(=O)Nc2ccccn2)CC1=O. The Hall–Kier alpha value is -3.29. The number of pyridine rings is 1. The minimum Gasteiger partial charge on any atom is -0.481 e. The lowest BCUT2D eigenvalue weighted by Gasteiger charge is -2.72. The van der Waals surface area contributed by atoms with E-state index in [4.69, 9.17) is 4.74 Å². The summed E-state index contributed by atoms with van der Waals surface area (Å²) in [7, 11) is 0. The first kappa shape index (κ1) is 37.5. The Morgan fingerprint density at radius 3 is 2.35 bits per heavy atom. The third-order valence-corrected chi connectivity index (χ3v) is 15.3. The monoisotopic (exact) mass is 700 g/mol. The molecule has 0 spiro atoms. The Morgan fingerprint density at radius 1 is 0.980 bits per heavy atom. The Morgan fingerprint density at radius 2 is 1.71 bits per heavy atom.